The Morgan fingerprint density at radius 2 is 2.04 bits per heavy atom. The molecule has 0 aromatic carbocycles. The van der Waals surface area contributed by atoms with E-state index < -0.39 is 0 Å². The molecule has 130 valence electrons. The van der Waals surface area contributed by atoms with Gasteiger partial charge in [0.2, 0.25) is 5.91 Å². The summed E-state index contributed by atoms with van der Waals surface area (Å²) in [4.78, 5) is 25.2. The summed E-state index contributed by atoms with van der Waals surface area (Å²) < 4.78 is 1.64. The fourth-order valence-corrected chi connectivity index (χ4v) is 3.07. The first kappa shape index (κ1) is 16.9. The topological polar surface area (TPSA) is 90.9 Å². The smallest absolute Gasteiger partial charge is 0.247 e. The number of nitriles is 1. The Morgan fingerprint density at radius 1 is 1.28 bits per heavy atom. The molecule has 8 nitrogen and oxygen atoms in total. The van der Waals surface area contributed by atoms with E-state index in [0.717, 1.165) is 5.82 Å². The Labute approximate surface area is 146 Å². The van der Waals surface area contributed by atoms with Gasteiger partial charge in [-0.25, -0.2) is 14.6 Å². The maximum Gasteiger partial charge on any atom is 0.247 e. The van der Waals surface area contributed by atoms with E-state index in [-0.39, 0.29) is 17.9 Å². The Bertz CT molecular complexity index is 758. The van der Waals surface area contributed by atoms with E-state index in [2.05, 4.69) is 26.0 Å². The molecule has 0 saturated carbocycles. The summed E-state index contributed by atoms with van der Waals surface area (Å²) >= 11 is 0. The van der Waals surface area contributed by atoms with Crippen LogP contribution in [0.5, 0.6) is 0 Å². The zero-order valence-electron chi connectivity index (χ0n) is 14.4. The van der Waals surface area contributed by atoms with Crippen LogP contribution in [0.25, 0.3) is 0 Å². The van der Waals surface area contributed by atoms with Crippen molar-refractivity contribution in [2.75, 3.05) is 31.1 Å². The van der Waals surface area contributed by atoms with Gasteiger partial charge in [0.15, 0.2) is 0 Å². The van der Waals surface area contributed by atoms with Gasteiger partial charge in [0.1, 0.15) is 24.5 Å². The maximum atomic E-state index is 12.9. The molecule has 0 unspecified atom stereocenters. The van der Waals surface area contributed by atoms with Crippen molar-refractivity contribution in [3.05, 3.63) is 36.5 Å². The van der Waals surface area contributed by atoms with Crippen molar-refractivity contribution < 1.29 is 4.79 Å². The maximum absolute atomic E-state index is 12.9. The second kappa shape index (κ2) is 7.30. The normalized spacial score (nSPS) is 15.9. The van der Waals surface area contributed by atoms with Gasteiger partial charge in [-0.1, -0.05) is 13.8 Å². The van der Waals surface area contributed by atoms with Crippen LogP contribution in [0.1, 0.15) is 25.5 Å². The Hall–Kier alpha value is -2.95. The second-order valence-electron chi connectivity index (χ2n) is 6.39. The molecule has 1 aliphatic heterocycles. The number of carbonyl (C=O) groups excluding carboxylic acids is 1. The van der Waals surface area contributed by atoms with Crippen LogP contribution in [-0.4, -0.2) is 56.7 Å². The summed E-state index contributed by atoms with van der Waals surface area (Å²) in [5, 5.41) is 13.2. The summed E-state index contributed by atoms with van der Waals surface area (Å²) in [6.07, 6.45) is 4.69. The molecule has 25 heavy (non-hydrogen) atoms. The van der Waals surface area contributed by atoms with Crippen molar-refractivity contribution in [2.24, 2.45) is 5.92 Å². The number of amides is 1. The number of anilines is 1. The summed E-state index contributed by atoms with van der Waals surface area (Å²) in [5.74, 6) is 0.975. The predicted octanol–water partition coefficient (Wildman–Crippen LogP) is 1.09. The lowest BCUT2D eigenvalue weighted by molar-refractivity contribution is -0.136. The predicted molar refractivity (Wildman–Crippen MR) is 91.6 cm³/mol. The first-order chi connectivity index (χ1) is 12.1. The van der Waals surface area contributed by atoms with Crippen molar-refractivity contribution in [3.8, 4) is 6.07 Å². The summed E-state index contributed by atoms with van der Waals surface area (Å²) in [5.41, 5.74) is 0.592. The van der Waals surface area contributed by atoms with Crippen LogP contribution in [0.2, 0.25) is 0 Å². The largest absolute Gasteiger partial charge is 0.353 e. The standard InChI is InChI=1S/C17H21N7O/c1-13(2)16(24-12-19-11-21-24)17(25)23-7-5-22(6-8-23)15-9-14(10-18)3-4-20-15/h3-4,9,11-13,16H,5-8H2,1-2H3/t16-/m0/s1. The molecule has 1 saturated heterocycles. The minimum atomic E-state index is -0.339. The summed E-state index contributed by atoms with van der Waals surface area (Å²) in [6.45, 7) is 6.64. The monoisotopic (exact) mass is 339 g/mol. The van der Waals surface area contributed by atoms with Gasteiger partial charge in [-0.3, -0.25) is 4.79 Å². The molecule has 0 aliphatic carbocycles. The van der Waals surface area contributed by atoms with Gasteiger partial charge in [-0.15, -0.1) is 0 Å². The molecule has 3 rings (SSSR count). The molecule has 1 aliphatic rings. The molecule has 0 N–H and O–H groups in total. The van der Waals surface area contributed by atoms with E-state index in [1.807, 2.05) is 18.7 Å². The number of rotatable bonds is 4. The van der Waals surface area contributed by atoms with Gasteiger partial charge in [0, 0.05) is 32.4 Å². The van der Waals surface area contributed by atoms with Crippen molar-refractivity contribution in [1.29, 1.82) is 5.26 Å². The van der Waals surface area contributed by atoms with Crippen LogP contribution in [0, 0.1) is 17.2 Å². The molecule has 0 bridgehead atoms. The molecule has 2 aromatic rings. The molecular formula is C17H21N7O. The van der Waals surface area contributed by atoms with Crippen LogP contribution >= 0.6 is 0 Å². The van der Waals surface area contributed by atoms with E-state index in [4.69, 9.17) is 5.26 Å². The quantitative estimate of drug-likeness (QED) is 0.828. The van der Waals surface area contributed by atoms with Gasteiger partial charge >= 0.3 is 0 Å². The minimum Gasteiger partial charge on any atom is -0.353 e. The third kappa shape index (κ3) is 3.60. The zero-order valence-corrected chi connectivity index (χ0v) is 14.4. The average molecular weight is 339 g/mol. The lowest BCUT2D eigenvalue weighted by Gasteiger charge is -2.37. The highest BCUT2D eigenvalue weighted by Gasteiger charge is 2.31. The lowest BCUT2D eigenvalue weighted by atomic mass is 10.0. The van der Waals surface area contributed by atoms with Gasteiger partial charge in [-0.05, 0) is 18.1 Å². The fraction of sp³-hybridized carbons (Fsp3) is 0.471. The first-order valence-electron chi connectivity index (χ1n) is 8.34. The molecule has 1 amide bonds. The minimum absolute atomic E-state index is 0.0684. The molecular weight excluding hydrogens is 318 g/mol. The van der Waals surface area contributed by atoms with Crippen molar-refractivity contribution >= 4 is 11.7 Å². The van der Waals surface area contributed by atoms with Crippen molar-refractivity contribution in [1.82, 2.24) is 24.6 Å². The number of hydrogen-bond acceptors (Lipinski definition) is 6. The Morgan fingerprint density at radius 3 is 2.64 bits per heavy atom. The first-order valence-corrected chi connectivity index (χ1v) is 8.34. The lowest BCUT2D eigenvalue weighted by Crippen LogP contribution is -2.51. The second-order valence-corrected chi connectivity index (χ2v) is 6.39. The number of pyridine rings is 1. The molecule has 8 heteroatoms. The third-order valence-electron chi connectivity index (χ3n) is 4.40. The molecule has 0 spiro atoms. The highest BCUT2D eigenvalue weighted by atomic mass is 16.2. The summed E-state index contributed by atoms with van der Waals surface area (Å²) in [7, 11) is 0. The Kier molecular flexibility index (Phi) is 4.93. The highest BCUT2D eigenvalue weighted by Crippen LogP contribution is 2.21. The van der Waals surface area contributed by atoms with Crippen LogP contribution in [0.3, 0.4) is 0 Å². The number of hydrogen-bond donors (Lipinski definition) is 0. The van der Waals surface area contributed by atoms with Gasteiger partial charge < -0.3 is 9.80 Å². The van der Waals surface area contributed by atoms with Gasteiger partial charge in [-0.2, -0.15) is 10.4 Å². The van der Waals surface area contributed by atoms with E-state index in [0.29, 0.717) is 31.7 Å². The van der Waals surface area contributed by atoms with Crippen molar-refractivity contribution in [3.63, 3.8) is 0 Å². The zero-order chi connectivity index (χ0) is 17.8. The van der Waals surface area contributed by atoms with E-state index in [1.165, 1.54) is 6.33 Å². The average Bonchev–Trinajstić information content (AvgIpc) is 3.15. The number of carbonyl (C=O) groups is 1. The number of piperazine rings is 1. The number of aromatic nitrogens is 4. The SMILES string of the molecule is CC(C)[C@@H](C(=O)N1CCN(c2cc(C#N)ccn2)CC1)n1cncn1. The van der Waals surface area contributed by atoms with E-state index in [9.17, 15) is 4.79 Å². The van der Waals surface area contributed by atoms with Crippen LogP contribution in [0.4, 0.5) is 5.82 Å². The number of nitrogens with zero attached hydrogens (tertiary/aromatic N) is 7. The Balaban J connectivity index is 1.67. The highest BCUT2D eigenvalue weighted by molar-refractivity contribution is 5.81. The summed E-state index contributed by atoms with van der Waals surface area (Å²) in [6, 6.07) is 5.26. The fourth-order valence-electron chi connectivity index (χ4n) is 3.07. The molecule has 1 atom stereocenters. The molecule has 3 heterocycles. The van der Waals surface area contributed by atoms with E-state index >= 15 is 0 Å². The van der Waals surface area contributed by atoms with Crippen LogP contribution < -0.4 is 4.90 Å². The molecule has 1 fully saturated rings. The van der Waals surface area contributed by atoms with Gasteiger partial charge in [0.25, 0.3) is 0 Å². The van der Waals surface area contributed by atoms with Crippen molar-refractivity contribution in [2.45, 2.75) is 19.9 Å². The molecule has 0 radical (unpaired) electrons. The third-order valence-corrected chi connectivity index (χ3v) is 4.40. The van der Waals surface area contributed by atoms with Gasteiger partial charge in [0.05, 0.1) is 11.6 Å². The van der Waals surface area contributed by atoms with Crippen LogP contribution in [0.15, 0.2) is 31.0 Å². The molecule has 2 aromatic heterocycles. The van der Waals surface area contributed by atoms with E-state index in [1.54, 1.807) is 29.3 Å². The van der Waals surface area contributed by atoms with Crippen LogP contribution in [-0.2, 0) is 4.79 Å².